The van der Waals surface area contributed by atoms with Crippen LogP contribution in [0.15, 0.2) is 4.52 Å². The van der Waals surface area contributed by atoms with Crippen LogP contribution >= 0.6 is 0 Å². The zero-order valence-corrected chi connectivity index (χ0v) is 10.4. The molecule has 0 aliphatic heterocycles. The van der Waals surface area contributed by atoms with Gasteiger partial charge < -0.3 is 9.84 Å². The highest BCUT2D eigenvalue weighted by atomic mass is 19.4. The molecule has 0 aromatic carbocycles. The third kappa shape index (κ3) is 5.46. The van der Waals surface area contributed by atoms with Gasteiger partial charge in [0.05, 0.1) is 13.1 Å². The highest BCUT2D eigenvalue weighted by Gasteiger charge is 2.31. The number of rotatable bonds is 7. The molecule has 1 heterocycles. The number of aryl methyl sites for hydroxylation is 1. The monoisotopic (exact) mass is 266 g/mol. The van der Waals surface area contributed by atoms with Crippen LogP contribution in [0.5, 0.6) is 0 Å². The third-order valence-corrected chi connectivity index (χ3v) is 2.27. The minimum Gasteiger partial charge on any atom is -0.338 e. The molecule has 0 atom stereocenters. The van der Waals surface area contributed by atoms with Crippen molar-refractivity contribution in [3.05, 3.63) is 11.7 Å². The Morgan fingerprint density at radius 2 is 2.11 bits per heavy atom. The van der Waals surface area contributed by atoms with Crippen LogP contribution in [-0.2, 0) is 13.0 Å². The normalized spacial score (nSPS) is 12.3. The van der Waals surface area contributed by atoms with E-state index < -0.39 is 12.7 Å². The lowest BCUT2D eigenvalue weighted by Crippen LogP contribution is -2.37. The summed E-state index contributed by atoms with van der Waals surface area (Å²) < 4.78 is 42.0. The van der Waals surface area contributed by atoms with Crippen molar-refractivity contribution < 1.29 is 17.7 Å². The second kappa shape index (κ2) is 6.69. The molecule has 5 nitrogen and oxygen atoms in total. The lowest BCUT2D eigenvalue weighted by atomic mass is 10.4. The average Bonchev–Trinajstić information content (AvgIpc) is 2.71. The maximum absolute atomic E-state index is 12.4. The van der Waals surface area contributed by atoms with Gasteiger partial charge in [-0.05, 0) is 7.05 Å². The van der Waals surface area contributed by atoms with E-state index in [1.54, 1.807) is 7.05 Å². The van der Waals surface area contributed by atoms with Crippen LogP contribution in [0, 0.1) is 0 Å². The predicted octanol–water partition coefficient (Wildman–Crippen LogP) is 1.22. The topological polar surface area (TPSA) is 54.2 Å². The molecule has 0 spiro atoms. The Bertz CT molecular complexity index is 353. The van der Waals surface area contributed by atoms with Crippen molar-refractivity contribution in [1.82, 2.24) is 20.4 Å². The largest absolute Gasteiger partial charge is 0.401 e. The average molecular weight is 266 g/mol. The van der Waals surface area contributed by atoms with Crippen LogP contribution in [-0.4, -0.2) is 47.9 Å². The van der Waals surface area contributed by atoms with Crippen LogP contribution in [0.1, 0.15) is 18.6 Å². The summed E-state index contributed by atoms with van der Waals surface area (Å²) >= 11 is 0. The summed E-state index contributed by atoms with van der Waals surface area (Å²) in [7, 11) is 1.69. The van der Waals surface area contributed by atoms with E-state index in [1.807, 2.05) is 6.92 Å². The van der Waals surface area contributed by atoms with Crippen molar-refractivity contribution in [2.45, 2.75) is 26.1 Å². The van der Waals surface area contributed by atoms with Gasteiger partial charge in [-0.3, -0.25) is 4.90 Å². The first-order chi connectivity index (χ1) is 8.44. The summed E-state index contributed by atoms with van der Waals surface area (Å²) in [5.41, 5.74) is 0. The smallest absolute Gasteiger partial charge is 0.338 e. The predicted molar refractivity (Wildman–Crippen MR) is 58.9 cm³/mol. The van der Waals surface area contributed by atoms with Crippen molar-refractivity contribution in [3.8, 4) is 0 Å². The van der Waals surface area contributed by atoms with Gasteiger partial charge in [0.1, 0.15) is 0 Å². The molecule has 1 N–H and O–H groups in total. The second-order valence-corrected chi connectivity index (χ2v) is 3.89. The Morgan fingerprint density at radius 1 is 1.39 bits per heavy atom. The van der Waals surface area contributed by atoms with Gasteiger partial charge >= 0.3 is 6.18 Å². The maximum atomic E-state index is 12.4. The molecule has 1 rings (SSSR count). The molecule has 1 aromatic heterocycles. The molecule has 0 aliphatic rings. The van der Waals surface area contributed by atoms with Crippen molar-refractivity contribution in [2.75, 3.05) is 26.7 Å². The van der Waals surface area contributed by atoms with E-state index in [0.29, 0.717) is 18.8 Å². The number of likely N-dealkylation sites (N-methyl/N-ethyl adjacent to an activating group) is 1. The Labute approximate surface area is 103 Å². The Hall–Kier alpha value is -1.15. The van der Waals surface area contributed by atoms with E-state index in [9.17, 15) is 13.2 Å². The molecule has 0 radical (unpaired) electrons. The van der Waals surface area contributed by atoms with E-state index in [2.05, 4.69) is 15.5 Å². The fourth-order valence-corrected chi connectivity index (χ4v) is 1.43. The fraction of sp³-hybridized carbons (Fsp3) is 0.800. The second-order valence-electron chi connectivity index (χ2n) is 3.89. The van der Waals surface area contributed by atoms with Crippen LogP contribution in [0.4, 0.5) is 13.2 Å². The molecule has 8 heteroatoms. The third-order valence-electron chi connectivity index (χ3n) is 2.27. The van der Waals surface area contributed by atoms with Crippen LogP contribution in [0.25, 0.3) is 0 Å². The van der Waals surface area contributed by atoms with Crippen molar-refractivity contribution >= 4 is 0 Å². The number of hydrogen-bond acceptors (Lipinski definition) is 5. The van der Waals surface area contributed by atoms with E-state index in [1.165, 1.54) is 4.90 Å². The zero-order valence-electron chi connectivity index (χ0n) is 10.4. The molecular weight excluding hydrogens is 249 g/mol. The Kier molecular flexibility index (Phi) is 5.54. The van der Waals surface area contributed by atoms with Gasteiger partial charge in [-0.15, -0.1) is 0 Å². The number of nitrogens with one attached hydrogen (secondary N) is 1. The highest BCUT2D eigenvalue weighted by molar-refractivity contribution is 4.86. The molecule has 0 amide bonds. The standard InChI is InChI=1S/C10H17F3N4O/c1-3-8-15-9(18-16-8)6-17(5-4-14-2)7-10(11,12)13/h14H,3-7H2,1-2H3. The van der Waals surface area contributed by atoms with Crippen molar-refractivity contribution in [1.29, 1.82) is 0 Å². The van der Waals surface area contributed by atoms with Gasteiger partial charge in [-0.2, -0.15) is 18.2 Å². The first-order valence-corrected chi connectivity index (χ1v) is 5.69. The van der Waals surface area contributed by atoms with Gasteiger partial charge in [-0.25, -0.2) is 0 Å². The molecule has 0 saturated heterocycles. The molecular formula is C10H17F3N4O. The van der Waals surface area contributed by atoms with E-state index in [-0.39, 0.29) is 19.0 Å². The fourth-order valence-electron chi connectivity index (χ4n) is 1.43. The summed E-state index contributed by atoms with van der Waals surface area (Å²) in [4.78, 5) is 5.23. The van der Waals surface area contributed by atoms with Crippen LogP contribution < -0.4 is 5.32 Å². The summed E-state index contributed by atoms with van der Waals surface area (Å²) in [6.07, 6.45) is -3.64. The van der Waals surface area contributed by atoms with Gasteiger partial charge in [0.25, 0.3) is 0 Å². The van der Waals surface area contributed by atoms with Crippen LogP contribution in [0.2, 0.25) is 0 Å². The van der Waals surface area contributed by atoms with Gasteiger partial charge in [-0.1, -0.05) is 12.1 Å². The Balaban J connectivity index is 2.59. The van der Waals surface area contributed by atoms with Gasteiger partial charge in [0, 0.05) is 19.5 Å². The summed E-state index contributed by atoms with van der Waals surface area (Å²) in [5, 5.41) is 6.47. The van der Waals surface area contributed by atoms with E-state index in [0.717, 1.165) is 0 Å². The minimum absolute atomic E-state index is 0.00812. The summed E-state index contributed by atoms with van der Waals surface area (Å²) in [6.45, 7) is 1.60. The number of alkyl halides is 3. The first kappa shape index (κ1) is 14.9. The molecule has 0 saturated carbocycles. The molecule has 0 fully saturated rings. The number of halogens is 3. The summed E-state index contributed by atoms with van der Waals surface area (Å²) in [6, 6.07) is 0. The Morgan fingerprint density at radius 3 is 2.61 bits per heavy atom. The molecule has 18 heavy (non-hydrogen) atoms. The lowest BCUT2D eigenvalue weighted by Gasteiger charge is -2.21. The minimum atomic E-state index is -4.23. The number of hydrogen-bond donors (Lipinski definition) is 1. The van der Waals surface area contributed by atoms with Crippen molar-refractivity contribution in [3.63, 3.8) is 0 Å². The van der Waals surface area contributed by atoms with E-state index in [4.69, 9.17) is 4.52 Å². The number of aromatic nitrogens is 2. The molecule has 1 aromatic rings. The molecule has 0 unspecified atom stereocenters. The quantitative estimate of drug-likeness (QED) is 0.804. The molecule has 0 bridgehead atoms. The summed E-state index contributed by atoms with van der Waals surface area (Å²) in [5.74, 6) is 0.720. The SMILES string of the molecule is CCc1noc(CN(CCNC)CC(F)(F)F)n1. The van der Waals surface area contributed by atoms with Crippen LogP contribution in [0.3, 0.4) is 0 Å². The van der Waals surface area contributed by atoms with Crippen molar-refractivity contribution in [2.24, 2.45) is 0 Å². The van der Waals surface area contributed by atoms with E-state index >= 15 is 0 Å². The van der Waals surface area contributed by atoms with Gasteiger partial charge in [0.15, 0.2) is 5.82 Å². The maximum Gasteiger partial charge on any atom is 0.401 e. The lowest BCUT2D eigenvalue weighted by molar-refractivity contribution is -0.147. The first-order valence-electron chi connectivity index (χ1n) is 5.69. The molecule has 104 valence electrons. The number of nitrogens with zero attached hydrogens (tertiary/aromatic N) is 3. The molecule has 0 aliphatic carbocycles. The zero-order chi connectivity index (χ0) is 13.6. The highest BCUT2D eigenvalue weighted by Crippen LogP contribution is 2.17. The van der Waals surface area contributed by atoms with Gasteiger partial charge in [0.2, 0.25) is 5.89 Å².